The molecule has 0 N–H and O–H groups in total. The topological polar surface area (TPSA) is 56.6 Å². The molecule has 0 aliphatic carbocycles. The van der Waals surface area contributed by atoms with Gasteiger partial charge >= 0.3 is 0 Å². The lowest BCUT2D eigenvalue weighted by Gasteiger charge is -2.37. The van der Waals surface area contributed by atoms with Crippen molar-refractivity contribution in [3.8, 4) is 5.69 Å². The summed E-state index contributed by atoms with van der Waals surface area (Å²) >= 11 is 0. The molecule has 2 aromatic rings. The summed E-state index contributed by atoms with van der Waals surface area (Å²) < 4.78 is 26.3. The molecule has 1 aromatic heterocycles. The van der Waals surface area contributed by atoms with Gasteiger partial charge in [0.15, 0.2) is 5.79 Å². The van der Waals surface area contributed by atoms with Crippen LogP contribution in [-0.2, 0) is 9.47 Å². The first-order valence-electron chi connectivity index (χ1n) is 8.88. The zero-order chi connectivity index (χ0) is 18.3. The number of hydrogen-bond donors (Lipinski definition) is 0. The molecule has 4 rings (SSSR count). The van der Waals surface area contributed by atoms with Gasteiger partial charge in [0.2, 0.25) is 0 Å². The molecule has 0 unspecified atom stereocenters. The maximum Gasteiger partial charge on any atom is 0.257 e. The zero-order valence-electron chi connectivity index (χ0n) is 15.0. The van der Waals surface area contributed by atoms with E-state index in [1.165, 1.54) is 12.1 Å². The largest absolute Gasteiger partial charge is 0.347 e. The van der Waals surface area contributed by atoms with Crippen molar-refractivity contribution in [2.75, 3.05) is 26.3 Å². The zero-order valence-corrected chi connectivity index (χ0v) is 15.0. The van der Waals surface area contributed by atoms with E-state index in [-0.39, 0.29) is 11.7 Å². The quantitative estimate of drug-likeness (QED) is 0.827. The van der Waals surface area contributed by atoms with Crippen LogP contribution in [0.3, 0.4) is 0 Å². The molecule has 0 atom stereocenters. The molecular formula is C19H22FN3O3. The van der Waals surface area contributed by atoms with Gasteiger partial charge in [0.05, 0.1) is 35.9 Å². The molecule has 1 aromatic carbocycles. The Balaban J connectivity index is 1.56. The smallest absolute Gasteiger partial charge is 0.257 e. The molecule has 26 heavy (non-hydrogen) atoms. The molecule has 2 saturated heterocycles. The van der Waals surface area contributed by atoms with Crippen LogP contribution in [0.4, 0.5) is 4.39 Å². The van der Waals surface area contributed by atoms with Crippen molar-refractivity contribution in [2.45, 2.75) is 32.5 Å². The van der Waals surface area contributed by atoms with E-state index in [1.54, 1.807) is 16.8 Å². The molecule has 1 spiro atoms. The number of carbonyl (C=O) groups excluding carboxylic acids is 1. The van der Waals surface area contributed by atoms with Crippen LogP contribution in [0.15, 0.2) is 24.3 Å². The Bertz CT molecular complexity index is 815. The second-order valence-corrected chi connectivity index (χ2v) is 6.83. The van der Waals surface area contributed by atoms with Crippen LogP contribution >= 0.6 is 0 Å². The third-order valence-corrected chi connectivity index (χ3v) is 5.20. The van der Waals surface area contributed by atoms with Crippen molar-refractivity contribution in [2.24, 2.45) is 0 Å². The van der Waals surface area contributed by atoms with Crippen LogP contribution in [0, 0.1) is 19.7 Å². The Kier molecular flexibility index (Phi) is 4.28. The SMILES string of the molecule is Cc1nn(-c2ccc(F)cc2)c(C)c1C(=O)N1CCC2(CC1)OCCO2. The first-order chi connectivity index (χ1) is 12.5. The van der Waals surface area contributed by atoms with E-state index in [0.717, 1.165) is 11.4 Å². The maximum absolute atomic E-state index is 13.2. The highest BCUT2D eigenvalue weighted by atomic mass is 19.1. The number of rotatable bonds is 2. The number of carbonyl (C=O) groups is 1. The first kappa shape index (κ1) is 17.2. The number of halogens is 1. The minimum Gasteiger partial charge on any atom is -0.347 e. The Hall–Kier alpha value is -2.25. The molecule has 2 fully saturated rings. The first-order valence-corrected chi connectivity index (χ1v) is 8.88. The molecule has 3 heterocycles. The van der Waals surface area contributed by atoms with Crippen molar-refractivity contribution in [3.05, 3.63) is 47.0 Å². The molecule has 7 heteroatoms. The van der Waals surface area contributed by atoms with E-state index in [0.29, 0.717) is 50.4 Å². The molecule has 0 radical (unpaired) electrons. The predicted molar refractivity (Wildman–Crippen MR) is 92.8 cm³/mol. The lowest BCUT2D eigenvalue weighted by molar-refractivity contribution is -0.181. The van der Waals surface area contributed by atoms with Crippen LogP contribution < -0.4 is 0 Å². The molecule has 0 saturated carbocycles. The highest BCUT2D eigenvalue weighted by Gasteiger charge is 2.41. The van der Waals surface area contributed by atoms with E-state index < -0.39 is 5.79 Å². The number of likely N-dealkylation sites (tertiary alicyclic amines) is 1. The van der Waals surface area contributed by atoms with Gasteiger partial charge in [-0.2, -0.15) is 5.10 Å². The van der Waals surface area contributed by atoms with Crippen molar-refractivity contribution >= 4 is 5.91 Å². The van der Waals surface area contributed by atoms with Gasteiger partial charge in [0, 0.05) is 25.9 Å². The number of piperidine rings is 1. The molecule has 6 nitrogen and oxygen atoms in total. The Morgan fingerprint density at radius 2 is 1.73 bits per heavy atom. The van der Waals surface area contributed by atoms with Gasteiger partial charge in [-0.05, 0) is 38.1 Å². The van der Waals surface area contributed by atoms with E-state index in [4.69, 9.17) is 9.47 Å². The van der Waals surface area contributed by atoms with Crippen molar-refractivity contribution < 1.29 is 18.7 Å². The second kappa shape index (κ2) is 6.48. The summed E-state index contributed by atoms with van der Waals surface area (Å²) in [7, 11) is 0. The second-order valence-electron chi connectivity index (χ2n) is 6.83. The fourth-order valence-electron chi connectivity index (χ4n) is 3.78. The van der Waals surface area contributed by atoms with E-state index in [9.17, 15) is 9.18 Å². The summed E-state index contributed by atoms with van der Waals surface area (Å²) in [6.45, 7) is 6.13. The summed E-state index contributed by atoms with van der Waals surface area (Å²) in [6, 6.07) is 6.09. The monoisotopic (exact) mass is 359 g/mol. The van der Waals surface area contributed by atoms with Crippen LogP contribution in [0.5, 0.6) is 0 Å². The van der Waals surface area contributed by atoms with Gasteiger partial charge < -0.3 is 14.4 Å². The van der Waals surface area contributed by atoms with E-state index >= 15 is 0 Å². The van der Waals surface area contributed by atoms with Gasteiger partial charge in [0.1, 0.15) is 5.82 Å². The fourth-order valence-corrected chi connectivity index (χ4v) is 3.78. The average Bonchev–Trinajstić information content (AvgIpc) is 3.20. The fraction of sp³-hybridized carbons (Fsp3) is 0.474. The van der Waals surface area contributed by atoms with Crippen molar-refractivity contribution in [1.29, 1.82) is 0 Å². The lowest BCUT2D eigenvalue weighted by Crippen LogP contribution is -2.47. The number of benzene rings is 1. The number of ether oxygens (including phenoxy) is 2. The lowest BCUT2D eigenvalue weighted by atomic mass is 10.0. The van der Waals surface area contributed by atoms with E-state index in [1.807, 2.05) is 18.7 Å². The summed E-state index contributed by atoms with van der Waals surface area (Å²) in [5.41, 5.74) is 2.77. The normalized spacial score (nSPS) is 19.3. The van der Waals surface area contributed by atoms with Gasteiger partial charge in [0.25, 0.3) is 5.91 Å². The van der Waals surface area contributed by atoms with Gasteiger partial charge in [-0.15, -0.1) is 0 Å². The van der Waals surface area contributed by atoms with Gasteiger partial charge in [-0.25, -0.2) is 9.07 Å². The van der Waals surface area contributed by atoms with Gasteiger partial charge in [-0.1, -0.05) is 0 Å². The third-order valence-electron chi connectivity index (χ3n) is 5.20. The van der Waals surface area contributed by atoms with Crippen LogP contribution in [0.2, 0.25) is 0 Å². The average molecular weight is 359 g/mol. The number of aryl methyl sites for hydroxylation is 1. The Labute approximate surface area is 151 Å². The summed E-state index contributed by atoms with van der Waals surface area (Å²) in [5.74, 6) is -0.828. The maximum atomic E-state index is 13.2. The predicted octanol–water partition coefficient (Wildman–Crippen LogP) is 2.61. The number of amides is 1. The summed E-state index contributed by atoms with van der Waals surface area (Å²) in [4.78, 5) is 14.9. The Morgan fingerprint density at radius 3 is 2.35 bits per heavy atom. The minimum atomic E-state index is -0.501. The molecular weight excluding hydrogens is 337 g/mol. The van der Waals surface area contributed by atoms with Crippen molar-refractivity contribution in [3.63, 3.8) is 0 Å². The molecule has 2 aliphatic heterocycles. The van der Waals surface area contributed by atoms with E-state index in [2.05, 4.69) is 5.10 Å². The van der Waals surface area contributed by atoms with Crippen LogP contribution in [0.1, 0.15) is 34.6 Å². The highest BCUT2D eigenvalue weighted by Crippen LogP contribution is 2.32. The standard InChI is InChI=1S/C19H22FN3O3/c1-13-17(14(2)23(21-13)16-5-3-15(20)4-6-16)18(24)22-9-7-19(8-10-22)25-11-12-26-19/h3-6H,7-12H2,1-2H3. The highest BCUT2D eigenvalue weighted by molar-refractivity contribution is 5.96. The third kappa shape index (κ3) is 2.91. The summed E-state index contributed by atoms with van der Waals surface area (Å²) in [6.07, 6.45) is 1.37. The van der Waals surface area contributed by atoms with Crippen molar-refractivity contribution in [1.82, 2.24) is 14.7 Å². The Morgan fingerprint density at radius 1 is 1.12 bits per heavy atom. The number of nitrogens with zero attached hydrogens (tertiary/aromatic N) is 3. The van der Waals surface area contributed by atoms with Gasteiger partial charge in [-0.3, -0.25) is 4.79 Å². The molecule has 1 amide bonds. The molecule has 0 bridgehead atoms. The van der Waals surface area contributed by atoms with Crippen LogP contribution in [0.25, 0.3) is 5.69 Å². The number of aromatic nitrogens is 2. The molecule has 2 aliphatic rings. The molecule has 138 valence electrons. The summed E-state index contributed by atoms with van der Waals surface area (Å²) in [5, 5.41) is 4.49. The minimum absolute atomic E-state index is 0.0267. The van der Waals surface area contributed by atoms with Crippen LogP contribution in [-0.4, -0.2) is 52.7 Å². The number of hydrogen-bond acceptors (Lipinski definition) is 4.